The van der Waals surface area contributed by atoms with Crippen molar-refractivity contribution in [2.24, 2.45) is 0 Å². The molecule has 1 aliphatic heterocycles. The van der Waals surface area contributed by atoms with Gasteiger partial charge in [0.1, 0.15) is 0 Å². The molecule has 0 radical (unpaired) electrons. The number of carbonyl (C=O) groups excluding carboxylic acids is 1. The Kier molecular flexibility index (Phi) is 5.06. The van der Waals surface area contributed by atoms with Crippen LogP contribution in [0.4, 0.5) is 0 Å². The van der Waals surface area contributed by atoms with Gasteiger partial charge in [0.15, 0.2) is 0 Å². The van der Waals surface area contributed by atoms with Crippen molar-refractivity contribution in [2.75, 3.05) is 19.6 Å². The third kappa shape index (κ3) is 4.50. The van der Waals surface area contributed by atoms with Crippen molar-refractivity contribution in [3.05, 3.63) is 34.9 Å². The summed E-state index contributed by atoms with van der Waals surface area (Å²) in [4.78, 5) is 14.3. The van der Waals surface area contributed by atoms with Gasteiger partial charge in [-0.05, 0) is 50.9 Å². The molecule has 0 saturated carbocycles. The third-order valence-corrected chi connectivity index (χ3v) is 3.94. The lowest BCUT2D eigenvalue weighted by Gasteiger charge is -2.30. The standard InChI is InChI=1S/C16H23ClN2O/c1-16(2)12-19(11-3-10-18-16)15(20)9-6-13-4-7-14(17)8-5-13/h4-5,7-8,18H,3,6,9-12H2,1-2H3. The zero-order valence-electron chi connectivity index (χ0n) is 12.3. The number of aryl methyl sites for hydroxylation is 1. The third-order valence-electron chi connectivity index (χ3n) is 3.69. The first-order valence-electron chi connectivity index (χ1n) is 7.23. The Hall–Kier alpha value is -1.06. The lowest BCUT2D eigenvalue weighted by molar-refractivity contribution is -0.131. The highest BCUT2D eigenvalue weighted by atomic mass is 35.5. The fourth-order valence-corrected chi connectivity index (χ4v) is 2.71. The molecule has 1 aliphatic rings. The second kappa shape index (κ2) is 6.59. The summed E-state index contributed by atoms with van der Waals surface area (Å²) in [6.07, 6.45) is 2.37. The zero-order chi connectivity index (χ0) is 14.6. The Bertz CT molecular complexity index is 456. The summed E-state index contributed by atoms with van der Waals surface area (Å²) in [7, 11) is 0. The van der Waals surface area contributed by atoms with Gasteiger partial charge in [-0.1, -0.05) is 23.7 Å². The van der Waals surface area contributed by atoms with E-state index in [-0.39, 0.29) is 11.4 Å². The van der Waals surface area contributed by atoms with E-state index in [4.69, 9.17) is 11.6 Å². The molecular weight excluding hydrogens is 272 g/mol. The number of nitrogens with zero attached hydrogens (tertiary/aromatic N) is 1. The highest BCUT2D eigenvalue weighted by Crippen LogP contribution is 2.14. The molecule has 3 nitrogen and oxygen atoms in total. The quantitative estimate of drug-likeness (QED) is 0.930. The van der Waals surface area contributed by atoms with Crippen LogP contribution in [0.1, 0.15) is 32.3 Å². The molecule has 4 heteroatoms. The Morgan fingerprint density at radius 1 is 1.35 bits per heavy atom. The van der Waals surface area contributed by atoms with Gasteiger partial charge < -0.3 is 10.2 Å². The molecule has 20 heavy (non-hydrogen) atoms. The molecule has 0 spiro atoms. The van der Waals surface area contributed by atoms with Crippen LogP contribution in [0.15, 0.2) is 24.3 Å². The number of hydrogen-bond donors (Lipinski definition) is 1. The first-order valence-corrected chi connectivity index (χ1v) is 7.61. The van der Waals surface area contributed by atoms with Crippen molar-refractivity contribution in [1.82, 2.24) is 10.2 Å². The number of benzene rings is 1. The van der Waals surface area contributed by atoms with Gasteiger partial charge in [-0.25, -0.2) is 0 Å². The van der Waals surface area contributed by atoms with Crippen LogP contribution in [0.5, 0.6) is 0 Å². The maximum Gasteiger partial charge on any atom is 0.222 e. The number of hydrogen-bond acceptors (Lipinski definition) is 2. The minimum absolute atomic E-state index is 0.00638. The molecule has 1 aromatic rings. The van der Waals surface area contributed by atoms with E-state index in [1.165, 1.54) is 0 Å². The van der Waals surface area contributed by atoms with E-state index in [1.54, 1.807) is 0 Å². The van der Waals surface area contributed by atoms with Crippen LogP contribution in [-0.4, -0.2) is 36.0 Å². The maximum atomic E-state index is 12.4. The molecule has 1 heterocycles. The summed E-state index contributed by atoms with van der Waals surface area (Å²) in [5, 5.41) is 4.21. The molecule has 0 bridgehead atoms. The second-order valence-electron chi connectivity index (χ2n) is 6.11. The number of nitrogens with one attached hydrogen (secondary N) is 1. The van der Waals surface area contributed by atoms with Crippen LogP contribution < -0.4 is 5.32 Å². The van der Waals surface area contributed by atoms with Gasteiger partial charge in [-0.15, -0.1) is 0 Å². The van der Waals surface area contributed by atoms with Crippen molar-refractivity contribution in [3.8, 4) is 0 Å². The Morgan fingerprint density at radius 3 is 2.75 bits per heavy atom. The van der Waals surface area contributed by atoms with Crippen LogP contribution in [0.25, 0.3) is 0 Å². The summed E-state index contributed by atoms with van der Waals surface area (Å²) in [5.74, 6) is 0.247. The number of rotatable bonds is 3. The average molecular weight is 295 g/mol. The Labute approximate surface area is 126 Å². The molecule has 0 aliphatic carbocycles. The molecule has 0 atom stereocenters. The lowest BCUT2D eigenvalue weighted by atomic mass is 10.0. The predicted molar refractivity (Wildman–Crippen MR) is 83.1 cm³/mol. The first-order chi connectivity index (χ1) is 9.46. The minimum Gasteiger partial charge on any atom is -0.341 e. The second-order valence-corrected chi connectivity index (χ2v) is 6.54. The van der Waals surface area contributed by atoms with Gasteiger partial charge in [-0.3, -0.25) is 4.79 Å². The highest BCUT2D eigenvalue weighted by Gasteiger charge is 2.26. The van der Waals surface area contributed by atoms with Gasteiger partial charge in [-0.2, -0.15) is 0 Å². The molecule has 1 amide bonds. The summed E-state index contributed by atoms with van der Waals surface area (Å²) in [6, 6.07) is 7.73. The average Bonchev–Trinajstić information content (AvgIpc) is 2.58. The largest absolute Gasteiger partial charge is 0.341 e. The molecule has 110 valence electrons. The number of amides is 1. The van der Waals surface area contributed by atoms with E-state index in [0.29, 0.717) is 6.42 Å². The van der Waals surface area contributed by atoms with Crippen LogP contribution in [0.2, 0.25) is 5.02 Å². The van der Waals surface area contributed by atoms with Crippen molar-refractivity contribution in [3.63, 3.8) is 0 Å². The van der Waals surface area contributed by atoms with Crippen molar-refractivity contribution in [1.29, 1.82) is 0 Å². The molecule has 0 unspecified atom stereocenters. The summed E-state index contributed by atoms with van der Waals surface area (Å²) in [6.45, 7) is 6.92. The molecule has 1 aromatic carbocycles. The van der Waals surface area contributed by atoms with Crippen LogP contribution in [0, 0.1) is 0 Å². The number of halogens is 1. The normalized spacial score (nSPS) is 18.6. The number of carbonyl (C=O) groups is 1. The topological polar surface area (TPSA) is 32.3 Å². The van der Waals surface area contributed by atoms with Gasteiger partial charge in [0, 0.05) is 30.1 Å². The van der Waals surface area contributed by atoms with Crippen LogP contribution in [-0.2, 0) is 11.2 Å². The van der Waals surface area contributed by atoms with E-state index in [9.17, 15) is 4.79 Å². The van der Waals surface area contributed by atoms with Crippen molar-refractivity contribution in [2.45, 2.75) is 38.6 Å². The lowest BCUT2D eigenvalue weighted by Crippen LogP contribution is -2.48. The smallest absolute Gasteiger partial charge is 0.222 e. The molecule has 0 aromatic heterocycles. The Balaban J connectivity index is 1.89. The van der Waals surface area contributed by atoms with E-state index in [0.717, 1.165) is 43.1 Å². The summed E-state index contributed by atoms with van der Waals surface area (Å²) >= 11 is 5.86. The molecule has 1 saturated heterocycles. The molecule has 1 N–H and O–H groups in total. The molecule has 2 rings (SSSR count). The van der Waals surface area contributed by atoms with Crippen molar-refractivity contribution < 1.29 is 4.79 Å². The summed E-state index contributed by atoms with van der Waals surface area (Å²) in [5.41, 5.74) is 1.17. The van der Waals surface area contributed by atoms with Gasteiger partial charge >= 0.3 is 0 Å². The van der Waals surface area contributed by atoms with Crippen LogP contribution >= 0.6 is 11.6 Å². The monoisotopic (exact) mass is 294 g/mol. The minimum atomic E-state index is 0.00638. The van der Waals surface area contributed by atoms with Gasteiger partial charge in [0.25, 0.3) is 0 Å². The van der Waals surface area contributed by atoms with E-state index in [2.05, 4.69) is 19.2 Å². The van der Waals surface area contributed by atoms with E-state index < -0.39 is 0 Å². The highest BCUT2D eigenvalue weighted by molar-refractivity contribution is 6.30. The fraction of sp³-hybridized carbons (Fsp3) is 0.562. The fourth-order valence-electron chi connectivity index (χ4n) is 2.58. The predicted octanol–water partition coefficient (Wildman–Crippen LogP) is 2.87. The van der Waals surface area contributed by atoms with E-state index >= 15 is 0 Å². The Morgan fingerprint density at radius 2 is 2.05 bits per heavy atom. The molecular formula is C16H23ClN2O. The van der Waals surface area contributed by atoms with Crippen molar-refractivity contribution >= 4 is 17.5 Å². The first kappa shape index (κ1) is 15.3. The van der Waals surface area contributed by atoms with E-state index in [1.807, 2.05) is 29.2 Å². The van der Waals surface area contributed by atoms with Gasteiger partial charge in [0.05, 0.1) is 0 Å². The maximum absolute atomic E-state index is 12.4. The summed E-state index contributed by atoms with van der Waals surface area (Å²) < 4.78 is 0. The zero-order valence-corrected chi connectivity index (χ0v) is 13.0. The van der Waals surface area contributed by atoms with Gasteiger partial charge in [0.2, 0.25) is 5.91 Å². The van der Waals surface area contributed by atoms with Crippen LogP contribution in [0.3, 0.4) is 0 Å². The SMILES string of the molecule is CC1(C)CN(C(=O)CCc2ccc(Cl)cc2)CCCN1. The molecule has 1 fully saturated rings.